The van der Waals surface area contributed by atoms with Gasteiger partial charge >= 0.3 is 0 Å². The molecule has 1 unspecified atom stereocenters. The fraction of sp³-hybridized carbons (Fsp3) is 0.333. The highest BCUT2D eigenvalue weighted by Gasteiger charge is 2.04. The quantitative estimate of drug-likeness (QED) is 0.599. The first-order chi connectivity index (χ1) is 5.59. The first-order valence-electron chi connectivity index (χ1n) is 3.72. The van der Waals surface area contributed by atoms with E-state index in [1.807, 2.05) is 6.92 Å². The molecule has 1 heterocycles. The molecule has 0 aliphatic rings. The summed E-state index contributed by atoms with van der Waals surface area (Å²) >= 11 is 2.11. The molecule has 1 nitrogen and oxygen atoms in total. The summed E-state index contributed by atoms with van der Waals surface area (Å²) in [5.74, 6) is -0.0781. The van der Waals surface area contributed by atoms with E-state index in [1.165, 1.54) is 6.07 Å². The molecular formula is C9H10FIN. The Bertz CT molecular complexity index is 273. The van der Waals surface area contributed by atoms with Gasteiger partial charge in [-0.1, -0.05) is 13.8 Å². The van der Waals surface area contributed by atoms with Crippen LogP contribution in [0.25, 0.3) is 0 Å². The molecule has 0 bridgehead atoms. The summed E-state index contributed by atoms with van der Waals surface area (Å²) in [7, 11) is 0. The number of pyridine rings is 1. The van der Waals surface area contributed by atoms with E-state index in [1.54, 1.807) is 6.20 Å². The van der Waals surface area contributed by atoms with Crippen molar-refractivity contribution in [2.45, 2.75) is 13.3 Å². The Labute approximate surface area is 85.5 Å². The van der Waals surface area contributed by atoms with Crippen molar-refractivity contribution in [3.05, 3.63) is 34.3 Å². The summed E-state index contributed by atoms with van der Waals surface area (Å²) in [5, 5.41) is 0. The van der Waals surface area contributed by atoms with Gasteiger partial charge in [0.05, 0.1) is 0 Å². The highest BCUT2D eigenvalue weighted by atomic mass is 127. The molecule has 1 aromatic heterocycles. The van der Waals surface area contributed by atoms with E-state index in [9.17, 15) is 4.39 Å². The van der Waals surface area contributed by atoms with Crippen molar-refractivity contribution in [3.8, 4) is 0 Å². The average Bonchev–Trinajstić information content (AvgIpc) is 1.94. The van der Waals surface area contributed by atoms with E-state index in [4.69, 9.17) is 0 Å². The van der Waals surface area contributed by atoms with Crippen LogP contribution < -0.4 is 0 Å². The molecule has 0 aromatic carbocycles. The van der Waals surface area contributed by atoms with Gasteiger partial charge in [-0.25, -0.2) is 4.98 Å². The molecule has 1 aromatic rings. The standard InChI is InChI=1S/C9H10FIN/c1-6(2)3-7-5-12-9(10)4-8(7)11/h4-6H,1,3H2,2H3. The van der Waals surface area contributed by atoms with Crippen LogP contribution in [-0.2, 0) is 6.42 Å². The van der Waals surface area contributed by atoms with Crippen LogP contribution in [0, 0.1) is 22.4 Å². The Kier molecular flexibility index (Phi) is 3.43. The van der Waals surface area contributed by atoms with Gasteiger partial charge in [0.25, 0.3) is 0 Å². The Balaban J connectivity index is 2.86. The van der Waals surface area contributed by atoms with Crippen molar-refractivity contribution in [1.82, 2.24) is 4.98 Å². The second-order valence-corrected chi connectivity index (χ2v) is 4.07. The van der Waals surface area contributed by atoms with Crippen LogP contribution >= 0.6 is 22.6 Å². The summed E-state index contributed by atoms with van der Waals surface area (Å²) in [6.45, 7) is 5.90. The lowest BCUT2D eigenvalue weighted by Gasteiger charge is -2.05. The van der Waals surface area contributed by atoms with Gasteiger partial charge in [0.2, 0.25) is 5.95 Å². The summed E-state index contributed by atoms with van der Waals surface area (Å²) in [6, 6.07) is 1.44. The van der Waals surface area contributed by atoms with Crippen molar-refractivity contribution in [1.29, 1.82) is 0 Å². The molecule has 0 fully saturated rings. The van der Waals surface area contributed by atoms with E-state index in [0.717, 1.165) is 15.6 Å². The fourth-order valence-corrected chi connectivity index (χ4v) is 1.58. The first kappa shape index (κ1) is 9.89. The molecule has 1 radical (unpaired) electrons. The number of rotatable bonds is 2. The van der Waals surface area contributed by atoms with Crippen molar-refractivity contribution in [2.75, 3.05) is 0 Å². The normalized spacial score (nSPS) is 10.8. The van der Waals surface area contributed by atoms with E-state index >= 15 is 0 Å². The maximum atomic E-state index is 12.6. The summed E-state index contributed by atoms with van der Waals surface area (Å²) in [6.07, 6.45) is 2.43. The molecule has 0 saturated carbocycles. The topological polar surface area (TPSA) is 12.9 Å². The van der Waals surface area contributed by atoms with Crippen molar-refractivity contribution < 1.29 is 4.39 Å². The van der Waals surface area contributed by atoms with Gasteiger partial charge in [0.1, 0.15) is 0 Å². The lowest BCUT2D eigenvalue weighted by atomic mass is 10.1. The molecule has 65 valence electrons. The molecule has 0 aliphatic carbocycles. The average molecular weight is 278 g/mol. The van der Waals surface area contributed by atoms with Crippen LogP contribution in [0.5, 0.6) is 0 Å². The first-order valence-corrected chi connectivity index (χ1v) is 4.80. The van der Waals surface area contributed by atoms with E-state index in [2.05, 4.69) is 34.5 Å². The van der Waals surface area contributed by atoms with Gasteiger partial charge in [-0.2, -0.15) is 4.39 Å². The number of hydrogen-bond donors (Lipinski definition) is 0. The zero-order chi connectivity index (χ0) is 9.14. The third kappa shape index (κ3) is 2.69. The molecule has 0 aliphatic heterocycles. The number of aromatic nitrogens is 1. The van der Waals surface area contributed by atoms with Crippen LogP contribution in [0.3, 0.4) is 0 Å². The minimum Gasteiger partial charge on any atom is -0.228 e. The largest absolute Gasteiger partial charge is 0.228 e. The molecule has 3 heteroatoms. The van der Waals surface area contributed by atoms with Crippen LogP contribution in [-0.4, -0.2) is 4.98 Å². The molecule has 0 saturated heterocycles. The summed E-state index contributed by atoms with van der Waals surface area (Å²) < 4.78 is 13.5. The van der Waals surface area contributed by atoms with E-state index in [0.29, 0.717) is 5.92 Å². The molecule has 1 rings (SSSR count). The second kappa shape index (κ2) is 4.16. The predicted octanol–water partition coefficient (Wildman–Crippen LogP) is 2.84. The molecule has 1 atom stereocenters. The SMILES string of the molecule is [CH2]C(C)Cc1cnc(F)cc1I. The maximum absolute atomic E-state index is 12.6. The Morgan fingerprint density at radius 3 is 2.92 bits per heavy atom. The minimum atomic E-state index is -0.417. The van der Waals surface area contributed by atoms with Gasteiger partial charge in [-0.3, -0.25) is 0 Å². The second-order valence-electron chi connectivity index (χ2n) is 2.91. The zero-order valence-electron chi connectivity index (χ0n) is 6.85. The third-order valence-electron chi connectivity index (χ3n) is 1.46. The predicted molar refractivity (Wildman–Crippen MR) is 55.1 cm³/mol. The van der Waals surface area contributed by atoms with Crippen LogP contribution in [0.1, 0.15) is 12.5 Å². The third-order valence-corrected chi connectivity index (χ3v) is 2.47. The van der Waals surface area contributed by atoms with Gasteiger partial charge in [-0.05, 0) is 40.5 Å². The highest BCUT2D eigenvalue weighted by molar-refractivity contribution is 14.1. The highest BCUT2D eigenvalue weighted by Crippen LogP contribution is 2.15. The van der Waals surface area contributed by atoms with Crippen molar-refractivity contribution >= 4 is 22.6 Å². The lowest BCUT2D eigenvalue weighted by Crippen LogP contribution is -1.99. The van der Waals surface area contributed by atoms with Crippen LogP contribution in [0.2, 0.25) is 0 Å². The Hall–Kier alpha value is -0.190. The lowest BCUT2D eigenvalue weighted by molar-refractivity contribution is 0.578. The smallest absolute Gasteiger partial charge is 0.213 e. The molecular weight excluding hydrogens is 268 g/mol. The fourth-order valence-electron chi connectivity index (χ4n) is 0.961. The van der Waals surface area contributed by atoms with Crippen LogP contribution in [0.15, 0.2) is 12.3 Å². The zero-order valence-corrected chi connectivity index (χ0v) is 9.01. The van der Waals surface area contributed by atoms with Gasteiger partial charge in [-0.15, -0.1) is 0 Å². The van der Waals surface area contributed by atoms with Crippen molar-refractivity contribution in [3.63, 3.8) is 0 Å². The molecule has 0 N–H and O–H groups in total. The molecule has 12 heavy (non-hydrogen) atoms. The van der Waals surface area contributed by atoms with E-state index < -0.39 is 5.95 Å². The molecule has 0 amide bonds. The van der Waals surface area contributed by atoms with Gasteiger partial charge in [0, 0.05) is 15.8 Å². The Morgan fingerprint density at radius 1 is 1.75 bits per heavy atom. The number of hydrogen-bond acceptors (Lipinski definition) is 1. The monoisotopic (exact) mass is 278 g/mol. The van der Waals surface area contributed by atoms with Crippen LogP contribution in [0.4, 0.5) is 4.39 Å². The number of nitrogens with zero attached hydrogens (tertiary/aromatic N) is 1. The summed E-state index contributed by atoms with van der Waals surface area (Å²) in [5.41, 5.74) is 1.07. The van der Waals surface area contributed by atoms with Gasteiger partial charge in [0.15, 0.2) is 0 Å². The maximum Gasteiger partial charge on any atom is 0.213 e. The molecule has 0 spiro atoms. The van der Waals surface area contributed by atoms with Crippen molar-refractivity contribution in [2.24, 2.45) is 5.92 Å². The van der Waals surface area contributed by atoms with E-state index in [-0.39, 0.29) is 0 Å². The number of halogens is 2. The summed E-state index contributed by atoms with van der Waals surface area (Å²) in [4.78, 5) is 3.59. The minimum absolute atomic E-state index is 0.339. The Morgan fingerprint density at radius 2 is 2.42 bits per heavy atom. The van der Waals surface area contributed by atoms with Gasteiger partial charge < -0.3 is 0 Å².